The first-order valence-corrected chi connectivity index (χ1v) is 6.58. The lowest BCUT2D eigenvalue weighted by Gasteiger charge is -2.18. The van der Waals surface area contributed by atoms with Crippen LogP contribution in [0.15, 0.2) is 17.8 Å². The molecule has 21 heavy (non-hydrogen) atoms. The molecule has 0 aliphatic rings. The van der Waals surface area contributed by atoms with Gasteiger partial charge in [-0.2, -0.15) is 13.2 Å². The van der Waals surface area contributed by atoms with Crippen LogP contribution in [0.5, 0.6) is 0 Å². The van der Waals surface area contributed by atoms with Gasteiger partial charge in [-0.15, -0.1) is 11.3 Å². The molecule has 1 atom stereocenters. The van der Waals surface area contributed by atoms with Gasteiger partial charge >= 0.3 is 18.1 Å². The topological polar surface area (TPSA) is 72.7 Å². The highest BCUT2D eigenvalue weighted by atomic mass is 32.1. The zero-order chi connectivity index (χ0) is 15.6. The summed E-state index contributed by atoms with van der Waals surface area (Å²) in [4.78, 5) is 26.6. The number of thiazole rings is 1. The molecule has 2 rings (SSSR count). The Morgan fingerprint density at radius 3 is 2.86 bits per heavy atom. The number of esters is 1. The number of nitrogens with zero attached hydrogens (tertiary/aromatic N) is 2. The smallest absolute Gasteiger partial charge is 0.463 e. The number of imidazole rings is 1. The fourth-order valence-corrected chi connectivity index (χ4v) is 2.34. The number of halogens is 3. The highest BCUT2D eigenvalue weighted by molar-refractivity contribution is 7.15. The van der Waals surface area contributed by atoms with Gasteiger partial charge in [0, 0.05) is 18.5 Å². The lowest BCUT2D eigenvalue weighted by Crippen LogP contribution is -2.41. The summed E-state index contributed by atoms with van der Waals surface area (Å²) in [5.41, 5.74) is 0. The van der Waals surface area contributed by atoms with E-state index in [2.05, 4.69) is 4.98 Å². The second kappa shape index (κ2) is 5.72. The van der Waals surface area contributed by atoms with E-state index in [1.165, 1.54) is 21.9 Å². The summed E-state index contributed by atoms with van der Waals surface area (Å²) in [6.45, 7) is 0.681. The molecule has 2 aromatic rings. The normalized spacial score (nSPS) is 13.1. The van der Waals surface area contributed by atoms with E-state index in [0.29, 0.717) is 4.83 Å². The van der Waals surface area contributed by atoms with Crippen LogP contribution in [0.2, 0.25) is 0 Å². The third-order valence-electron chi connectivity index (χ3n) is 2.52. The monoisotopic (exact) mass is 321 g/mol. The van der Waals surface area contributed by atoms with E-state index in [1.54, 1.807) is 16.9 Å². The molecule has 0 spiro atoms. The fourth-order valence-electron chi connectivity index (χ4n) is 1.64. The SMILES string of the molecule is CC(=O)OC[C@@H](NC(=O)C(F)(F)F)c1ncc2sccn12. The molecule has 1 amide bonds. The van der Waals surface area contributed by atoms with Gasteiger partial charge in [-0.3, -0.25) is 14.0 Å². The van der Waals surface area contributed by atoms with Gasteiger partial charge in [0.25, 0.3) is 0 Å². The van der Waals surface area contributed by atoms with E-state index in [1.807, 2.05) is 0 Å². The van der Waals surface area contributed by atoms with Crippen molar-refractivity contribution in [1.82, 2.24) is 14.7 Å². The van der Waals surface area contributed by atoms with E-state index < -0.39 is 30.7 Å². The number of carbonyl (C=O) groups excluding carboxylic acids is 2. The molecule has 0 saturated heterocycles. The molecule has 0 aromatic carbocycles. The molecule has 6 nitrogen and oxygen atoms in total. The van der Waals surface area contributed by atoms with Gasteiger partial charge in [-0.05, 0) is 0 Å². The number of ether oxygens (including phenoxy) is 1. The zero-order valence-electron chi connectivity index (χ0n) is 10.7. The highest BCUT2D eigenvalue weighted by Crippen LogP contribution is 2.21. The van der Waals surface area contributed by atoms with Crippen molar-refractivity contribution in [3.63, 3.8) is 0 Å². The summed E-state index contributed by atoms with van der Waals surface area (Å²) in [7, 11) is 0. The second-order valence-corrected chi connectivity index (χ2v) is 4.98. The number of aromatic nitrogens is 2. The number of rotatable bonds is 4. The van der Waals surface area contributed by atoms with E-state index in [-0.39, 0.29) is 5.82 Å². The van der Waals surface area contributed by atoms with Crippen LogP contribution in [-0.4, -0.2) is 34.0 Å². The van der Waals surface area contributed by atoms with Gasteiger partial charge in [-0.25, -0.2) is 4.98 Å². The largest absolute Gasteiger partial charge is 0.471 e. The molecule has 1 N–H and O–H groups in total. The van der Waals surface area contributed by atoms with Gasteiger partial charge < -0.3 is 10.1 Å². The standard InChI is InChI=1S/C11H10F3N3O3S/c1-6(18)20-5-7(16-10(19)11(12,13)14)9-15-4-8-17(9)2-3-21-8/h2-4,7H,5H2,1H3,(H,16,19)/t7-/m1/s1. The Labute approximate surface area is 120 Å². The van der Waals surface area contributed by atoms with E-state index in [9.17, 15) is 22.8 Å². The average molecular weight is 321 g/mol. The van der Waals surface area contributed by atoms with Gasteiger partial charge in [0.05, 0.1) is 6.20 Å². The first kappa shape index (κ1) is 15.3. The van der Waals surface area contributed by atoms with Crippen LogP contribution in [0.1, 0.15) is 18.8 Å². The molecule has 2 aromatic heterocycles. The molecule has 0 unspecified atom stereocenters. The molecule has 0 fully saturated rings. The minimum Gasteiger partial charge on any atom is -0.463 e. The quantitative estimate of drug-likeness (QED) is 0.870. The number of hydrogen-bond donors (Lipinski definition) is 1. The van der Waals surface area contributed by atoms with Gasteiger partial charge in [0.15, 0.2) is 0 Å². The Hall–Kier alpha value is -2.10. The van der Waals surface area contributed by atoms with Crippen molar-refractivity contribution < 1.29 is 27.5 Å². The van der Waals surface area contributed by atoms with E-state index >= 15 is 0 Å². The number of fused-ring (bicyclic) bond motifs is 1. The van der Waals surface area contributed by atoms with Crippen LogP contribution in [0.3, 0.4) is 0 Å². The number of amides is 1. The average Bonchev–Trinajstić information content (AvgIpc) is 2.95. The van der Waals surface area contributed by atoms with Crippen LogP contribution < -0.4 is 5.32 Å². The van der Waals surface area contributed by atoms with Crippen LogP contribution in [0, 0.1) is 0 Å². The van der Waals surface area contributed by atoms with Crippen molar-refractivity contribution in [3.8, 4) is 0 Å². The van der Waals surface area contributed by atoms with Crippen molar-refractivity contribution in [2.45, 2.75) is 19.1 Å². The summed E-state index contributed by atoms with van der Waals surface area (Å²) in [6.07, 6.45) is -1.97. The van der Waals surface area contributed by atoms with Crippen LogP contribution >= 0.6 is 11.3 Å². The Bertz CT molecular complexity index is 664. The molecular formula is C11H10F3N3O3S. The van der Waals surface area contributed by atoms with Gasteiger partial charge in [-0.1, -0.05) is 0 Å². The highest BCUT2D eigenvalue weighted by Gasteiger charge is 2.40. The lowest BCUT2D eigenvalue weighted by atomic mass is 10.3. The predicted molar refractivity (Wildman–Crippen MR) is 66.6 cm³/mol. The molecule has 0 radical (unpaired) electrons. The van der Waals surface area contributed by atoms with Crippen molar-refractivity contribution in [3.05, 3.63) is 23.6 Å². The molecular weight excluding hydrogens is 311 g/mol. The van der Waals surface area contributed by atoms with Crippen LogP contribution in [0.25, 0.3) is 4.83 Å². The Morgan fingerprint density at radius 2 is 2.24 bits per heavy atom. The minimum atomic E-state index is -5.03. The summed E-state index contributed by atoms with van der Waals surface area (Å²) >= 11 is 1.33. The Balaban J connectivity index is 2.25. The first-order valence-electron chi connectivity index (χ1n) is 5.70. The van der Waals surface area contributed by atoms with E-state index in [4.69, 9.17) is 4.74 Å². The summed E-state index contributed by atoms with van der Waals surface area (Å²) in [5.74, 6) is -2.63. The van der Waals surface area contributed by atoms with Crippen molar-refractivity contribution in [2.75, 3.05) is 6.61 Å². The zero-order valence-corrected chi connectivity index (χ0v) is 11.5. The third-order valence-corrected chi connectivity index (χ3v) is 3.32. The maximum atomic E-state index is 12.4. The number of alkyl halides is 3. The maximum Gasteiger partial charge on any atom is 0.471 e. The molecule has 0 aliphatic heterocycles. The molecule has 0 saturated carbocycles. The molecule has 0 bridgehead atoms. The summed E-state index contributed by atoms with van der Waals surface area (Å²) in [5, 5.41) is 3.49. The molecule has 10 heteroatoms. The number of hydrogen-bond acceptors (Lipinski definition) is 5. The van der Waals surface area contributed by atoms with Gasteiger partial charge in [0.1, 0.15) is 23.3 Å². The van der Waals surface area contributed by atoms with Crippen LogP contribution in [0.4, 0.5) is 13.2 Å². The third kappa shape index (κ3) is 3.51. The number of carbonyl (C=O) groups is 2. The number of nitrogens with one attached hydrogen (secondary N) is 1. The molecule has 2 heterocycles. The summed E-state index contributed by atoms with van der Waals surface area (Å²) in [6, 6.07) is -1.19. The van der Waals surface area contributed by atoms with Crippen molar-refractivity contribution in [2.24, 2.45) is 0 Å². The van der Waals surface area contributed by atoms with Crippen molar-refractivity contribution >= 4 is 28.0 Å². The van der Waals surface area contributed by atoms with Crippen molar-refractivity contribution in [1.29, 1.82) is 0 Å². The summed E-state index contributed by atoms with van der Waals surface area (Å²) < 4.78 is 43.3. The first-order chi connectivity index (χ1) is 9.79. The van der Waals surface area contributed by atoms with Gasteiger partial charge in [0.2, 0.25) is 0 Å². The van der Waals surface area contributed by atoms with Crippen LogP contribution in [-0.2, 0) is 14.3 Å². The minimum absolute atomic E-state index is 0.158. The maximum absolute atomic E-state index is 12.4. The molecule has 0 aliphatic carbocycles. The van der Waals surface area contributed by atoms with E-state index in [0.717, 1.165) is 6.92 Å². The Kier molecular flexibility index (Phi) is 4.16. The fraction of sp³-hybridized carbons (Fsp3) is 0.364. The predicted octanol–water partition coefficient (Wildman–Crippen LogP) is 1.68. The Morgan fingerprint density at radius 1 is 1.52 bits per heavy atom. The lowest BCUT2D eigenvalue weighted by molar-refractivity contribution is -0.175. The molecule has 114 valence electrons. The second-order valence-electron chi connectivity index (χ2n) is 4.05.